The Morgan fingerprint density at radius 2 is 1.93 bits per heavy atom. The van der Waals surface area contributed by atoms with E-state index in [9.17, 15) is 5.11 Å². The molecule has 1 aromatic carbocycles. The van der Waals surface area contributed by atoms with Crippen molar-refractivity contribution in [3.63, 3.8) is 0 Å². The molecule has 1 aliphatic carbocycles. The van der Waals surface area contributed by atoms with Crippen LogP contribution in [0.15, 0.2) is 23.2 Å². The molecule has 0 radical (unpaired) electrons. The maximum Gasteiger partial charge on any atom is 0.191 e. The van der Waals surface area contributed by atoms with Gasteiger partial charge in [0.25, 0.3) is 0 Å². The van der Waals surface area contributed by atoms with Gasteiger partial charge in [0.15, 0.2) is 5.96 Å². The van der Waals surface area contributed by atoms with E-state index in [2.05, 4.69) is 34.6 Å². The van der Waals surface area contributed by atoms with Gasteiger partial charge >= 0.3 is 0 Å². The summed E-state index contributed by atoms with van der Waals surface area (Å²) in [5.41, 5.74) is 1.23. The van der Waals surface area contributed by atoms with Crippen LogP contribution in [0.1, 0.15) is 31.7 Å². The predicted molar refractivity (Wildman–Crippen MR) is 127 cm³/mol. The normalized spacial score (nSPS) is 20.7. The van der Waals surface area contributed by atoms with E-state index in [1.54, 1.807) is 14.2 Å². The lowest BCUT2D eigenvalue weighted by atomic mass is 10.1. The summed E-state index contributed by atoms with van der Waals surface area (Å²) >= 11 is 0. The second-order valence-electron chi connectivity index (χ2n) is 7.94. The Hall–Kier alpha value is -1.26. The van der Waals surface area contributed by atoms with Crippen LogP contribution in [0.3, 0.4) is 0 Å². The van der Waals surface area contributed by atoms with Gasteiger partial charge in [0.2, 0.25) is 0 Å². The SMILES string of the molecule is CCNC(=NCC1(CO)CC1)NC1CCN(Cc2cc(OC)cc(OC)c2)C1.I. The van der Waals surface area contributed by atoms with Crippen LogP contribution in [0.25, 0.3) is 0 Å². The molecule has 0 aromatic heterocycles. The Bertz CT molecular complexity index is 660. The number of ether oxygens (including phenoxy) is 2. The zero-order chi connectivity index (χ0) is 20.0. The number of benzene rings is 1. The summed E-state index contributed by atoms with van der Waals surface area (Å²) in [7, 11) is 3.36. The van der Waals surface area contributed by atoms with Crippen molar-refractivity contribution in [2.75, 3.05) is 47.0 Å². The van der Waals surface area contributed by atoms with Crippen molar-refractivity contribution in [2.24, 2.45) is 10.4 Å². The van der Waals surface area contributed by atoms with Gasteiger partial charge < -0.3 is 25.2 Å². The average molecular weight is 518 g/mol. The molecule has 3 rings (SSSR count). The fourth-order valence-corrected chi connectivity index (χ4v) is 3.61. The van der Waals surface area contributed by atoms with Crippen LogP contribution >= 0.6 is 24.0 Å². The van der Waals surface area contributed by atoms with Crippen molar-refractivity contribution in [1.29, 1.82) is 0 Å². The number of guanidine groups is 1. The number of likely N-dealkylation sites (tertiary alicyclic amines) is 1. The minimum absolute atomic E-state index is 0. The van der Waals surface area contributed by atoms with E-state index < -0.39 is 0 Å². The molecule has 8 heteroatoms. The van der Waals surface area contributed by atoms with E-state index >= 15 is 0 Å². The van der Waals surface area contributed by atoms with E-state index in [-0.39, 0.29) is 36.0 Å². The van der Waals surface area contributed by atoms with Gasteiger partial charge in [-0.05, 0) is 43.9 Å². The van der Waals surface area contributed by atoms with Gasteiger partial charge in [-0.2, -0.15) is 0 Å². The molecule has 1 saturated carbocycles. The molecule has 1 atom stereocenters. The van der Waals surface area contributed by atoms with Crippen LogP contribution < -0.4 is 20.1 Å². The fraction of sp³-hybridized carbons (Fsp3) is 0.667. The molecule has 29 heavy (non-hydrogen) atoms. The summed E-state index contributed by atoms with van der Waals surface area (Å²) in [5, 5.41) is 16.4. The molecule has 0 bridgehead atoms. The number of nitrogens with zero attached hydrogens (tertiary/aromatic N) is 2. The largest absolute Gasteiger partial charge is 0.497 e. The smallest absolute Gasteiger partial charge is 0.191 e. The van der Waals surface area contributed by atoms with Crippen molar-refractivity contribution in [3.8, 4) is 11.5 Å². The molecule has 3 N–H and O–H groups in total. The van der Waals surface area contributed by atoms with Crippen LogP contribution in [0.2, 0.25) is 0 Å². The molecule has 1 aliphatic heterocycles. The molecular weight excluding hydrogens is 483 g/mol. The highest BCUT2D eigenvalue weighted by Gasteiger charge is 2.41. The second kappa shape index (κ2) is 11.2. The fourth-order valence-electron chi connectivity index (χ4n) is 3.61. The third-order valence-electron chi connectivity index (χ3n) is 5.64. The number of hydrogen-bond acceptors (Lipinski definition) is 5. The van der Waals surface area contributed by atoms with E-state index in [0.717, 1.165) is 62.9 Å². The highest BCUT2D eigenvalue weighted by molar-refractivity contribution is 14.0. The van der Waals surface area contributed by atoms with E-state index in [1.807, 2.05) is 6.07 Å². The maximum atomic E-state index is 9.50. The lowest BCUT2D eigenvalue weighted by Gasteiger charge is -2.20. The zero-order valence-corrected chi connectivity index (χ0v) is 20.1. The lowest BCUT2D eigenvalue weighted by Crippen LogP contribution is -2.44. The number of aliphatic imine (C=N–C) groups is 1. The third kappa shape index (κ3) is 6.89. The molecule has 1 unspecified atom stereocenters. The van der Waals surface area contributed by atoms with Gasteiger partial charge in [-0.1, -0.05) is 0 Å². The van der Waals surface area contributed by atoms with Gasteiger partial charge in [0.1, 0.15) is 11.5 Å². The van der Waals surface area contributed by atoms with Gasteiger partial charge in [-0.25, -0.2) is 0 Å². The summed E-state index contributed by atoms with van der Waals surface area (Å²) in [6.45, 7) is 6.71. The summed E-state index contributed by atoms with van der Waals surface area (Å²) in [6, 6.07) is 6.41. The molecule has 164 valence electrons. The number of hydrogen-bond donors (Lipinski definition) is 3. The van der Waals surface area contributed by atoms with Crippen molar-refractivity contribution in [2.45, 2.75) is 38.8 Å². The molecule has 2 fully saturated rings. The van der Waals surface area contributed by atoms with Crippen LogP contribution in [-0.4, -0.2) is 69.0 Å². The van der Waals surface area contributed by atoms with Crippen LogP contribution in [0.5, 0.6) is 11.5 Å². The number of aliphatic hydroxyl groups excluding tert-OH is 1. The number of aliphatic hydroxyl groups is 1. The standard InChI is InChI=1S/C21H34N4O3.HI/c1-4-22-20(23-14-21(15-26)6-7-21)24-17-5-8-25(13-17)12-16-9-18(27-2)11-19(10-16)28-3;/h9-11,17,26H,4-8,12-15H2,1-3H3,(H2,22,23,24);1H. The minimum Gasteiger partial charge on any atom is -0.497 e. The molecule has 1 heterocycles. The first-order chi connectivity index (χ1) is 13.6. The molecule has 0 spiro atoms. The van der Waals surface area contributed by atoms with Crippen LogP contribution in [0.4, 0.5) is 0 Å². The van der Waals surface area contributed by atoms with Gasteiger partial charge in [-0.15, -0.1) is 24.0 Å². The number of rotatable bonds is 9. The molecule has 1 saturated heterocycles. The maximum absolute atomic E-state index is 9.50. The van der Waals surface area contributed by atoms with Crippen molar-refractivity contribution < 1.29 is 14.6 Å². The molecule has 1 aromatic rings. The second-order valence-corrected chi connectivity index (χ2v) is 7.94. The first-order valence-electron chi connectivity index (χ1n) is 10.2. The Morgan fingerprint density at radius 3 is 2.48 bits per heavy atom. The van der Waals surface area contributed by atoms with Gasteiger partial charge in [0, 0.05) is 43.7 Å². The van der Waals surface area contributed by atoms with Crippen molar-refractivity contribution in [3.05, 3.63) is 23.8 Å². The minimum atomic E-state index is 0. The van der Waals surface area contributed by atoms with E-state index in [1.165, 1.54) is 5.56 Å². The highest BCUT2D eigenvalue weighted by atomic mass is 127. The molecule has 2 aliphatic rings. The first kappa shape index (κ1) is 24.0. The quantitative estimate of drug-likeness (QED) is 0.265. The van der Waals surface area contributed by atoms with E-state index in [0.29, 0.717) is 12.6 Å². The summed E-state index contributed by atoms with van der Waals surface area (Å²) in [5.74, 6) is 2.50. The van der Waals surface area contributed by atoms with Gasteiger partial charge in [-0.3, -0.25) is 9.89 Å². The monoisotopic (exact) mass is 518 g/mol. The van der Waals surface area contributed by atoms with Crippen molar-refractivity contribution in [1.82, 2.24) is 15.5 Å². The van der Waals surface area contributed by atoms with Crippen LogP contribution in [-0.2, 0) is 6.54 Å². The number of nitrogens with one attached hydrogen (secondary N) is 2. The lowest BCUT2D eigenvalue weighted by molar-refractivity contribution is 0.216. The van der Waals surface area contributed by atoms with Crippen molar-refractivity contribution >= 4 is 29.9 Å². The summed E-state index contributed by atoms with van der Waals surface area (Å²) < 4.78 is 10.8. The van der Waals surface area contributed by atoms with Gasteiger partial charge in [0.05, 0.1) is 27.4 Å². The Kier molecular flexibility index (Phi) is 9.29. The Morgan fingerprint density at radius 1 is 1.24 bits per heavy atom. The zero-order valence-electron chi connectivity index (χ0n) is 17.7. The number of methoxy groups -OCH3 is 2. The summed E-state index contributed by atoms with van der Waals surface area (Å²) in [4.78, 5) is 7.16. The molecule has 7 nitrogen and oxygen atoms in total. The topological polar surface area (TPSA) is 78.4 Å². The highest BCUT2D eigenvalue weighted by Crippen LogP contribution is 2.45. The molecular formula is C21H35IN4O3. The number of halogens is 1. The predicted octanol–water partition coefficient (Wildman–Crippen LogP) is 2.22. The third-order valence-corrected chi connectivity index (χ3v) is 5.64. The molecule has 0 amide bonds. The summed E-state index contributed by atoms with van der Waals surface area (Å²) in [6.07, 6.45) is 3.23. The Balaban J connectivity index is 0.00000300. The van der Waals surface area contributed by atoms with E-state index in [4.69, 9.17) is 14.5 Å². The Labute approximate surface area is 191 Å². The van der Waals surface area contributed by atoms with Crippen LogP contribution in [0, 0.1) is 5.41 Å². The average Bonchev–Trinajstić information content (AvgIpc) is 3.38. The first-order valence-corrected chi connectivity index (χ1v) is 10.2.